The zero-order valence-electron chi connectivity index (χ0n) is 16.7. The summed E-state index contributed by atoms with van der Waals surface area (Å²) >= 11 is 0. The summed E-state index contributed by atoms with van der Waals surface area (Å²) in [5.74, 6) is 0.119. The summed E-state index contributed by atoms with van der Waals surface area (Å²) in [6, 6.07) is 26.1. The van der Waals surface area contributed by atoms with E-state index in [2.05, 4.69) is 54.6 Å². The molecule has 1 N–H and O–H groups in total. The van der Waals surface area contributed by atoms with Gasteiger partial charge in [0.05, 0.1) is 0 Å². The maximum Gasteiger partial charge on any atom is 0.287 e. The van der Waals surface area contributed by atoms with Gasteiger partial charge in [-0.05, 0) is 48.5 Å². The standard InChI is InChI=1S/C25H24N2O2/c1-27(2)17-18-11-13-19(14-12-18)22-9-5-3-8-21(22)16-26-25(28)24-15-20-7-4-6-10-23(20)29-24/h3-15H,16-17H2,1-2H3,(H,26,28). The molecule has 0 aliphatic rings. The van der Waals surface area contributed by atoms with Crippen LogP contribution in [0.1, 0.15) is 21.7 Å². The van der Waals surface area contributed by atoms with Crippen LogP contribution in [0.2, 0.25) is 0 Å². The fourth-order valence-electron chi connectivity index (χ4n) is 3.47. The minimum atomic E-state index is -0.211. The molecule has 0 unspecified atom stereocenters. The molecule has 29 heavy (non-hydrogen) atoms. The molecule has 0 bridgehead atoms. The highest BCUT2D eigenvalue weighted by molar-refractivity contribution is 5.96. The van der Waals surface area contributed by atoms with E-state index in [0.29, 0.717) is 12.3 Å². The van der Waals surface area contributed by atoms with E-state index in [9.17, 15) is 4.79 Å². The van der Waals surface area contributed by atoms with E-state index in [4.69, 9.17) is 4.42 Å². The van der Waals surface area contributed by atoms with Crippen LogP contribution in [0.4, 0.5) is 0 Å². The Morgan fingerprint density at radius 1 is 0.931 bits per heavy atom. The van der Waals surface area contributed by atoms with Crippen molar-refractivity contribution in [2.45, 2.75) is 13.1 Å². The van der Waals surface area contributed by atoms with E-state index in [0.717, 1.165) is 34.2 Å². The summed E-state index contributed by atoms with van der Waals surface area (Å²) in [6.45, 7) is 1.35. The van der Waals surface area contributed by atoms with Gasteiger partial charge in [0.15, 0.2) is 5.76 Å². The zero-order valence-corrected chi connectivity index (χ0v) is 16.7. The molecule has 4 rings (SSSR count). The quantitative estimate of drug-likeness (QED) is 0.504. The number of hydrogen-bond acceptors (Lipinski definition) is 3. The molecule has 0 radical (unpaired) electrons. The van der Waals surface area contributed by atoms with Crippen LogP contribution in [-0.4, -0.2) is 24.9 Å². The predicted molar refractivity (Wildman–Crippen MR) is 117 cm³/mol. The molecule has 1 heterocycles. The molecule has 4 heteroatoms. The van der Waals surface area contributed by atoms with Crippen molar-refractivity contribution in [3.8, 4) is 11.1 Å². The van der Waals surface area contributed by atoms with Gasteiger partial charge in [-0.2, -0.15) is 0 Å². The van der Waals surface area contributed by atoms with Crippen LogP contribution in [0.15, 0.2) is 83.3 Å². The molecule has 0 aliphatic carbocycles. The summed E-state index contributed by atoms with van der Waals surface area (Å²) in [4.78, 5) is 14.7. The summed E-state index contributed by atoms with van der Waals surface area (Å²) in [5.41, 5.74) is 5.32. The van der Waals surface area contributed by atoms with Crippen molar-refractivity contribution in [2.75, 3.05) is 14.1 Å². The van der Waals surface area contributed by atoms with Crippen LogP contribution < -0.4 is 5.32 Å². The first kappa shape index (κ1) is 19.0. The Balaban J connectivity index is 1.50. The second-order valence-corrected chi connectivity index (χ2v) is 7.42. The van der Waals surface area contributed by atoms with Crippen LogP contribution in [0.3, 0.4) is 0 Å². The number of amides is 1. The summed E-state index contributed by atoms with van der Waals surface area (Å²) in [5, 5.41) is 3.91. The maximum absolute atomic E-state index is 12.6. The normalized spacial score (nSPS) is 11.1. The van der Waals surface area contributed by atoms with E-state index in [1.807, 2.05) is 42.5 Å². The Bertz CT molecular complexity index is 1090. The third-order valence-corrected chi connectivity index (χ3v) is 4.87. The van der Waals surface area contributed by atoms with Gasteiger partial charge in [-0.1, -0.05) is 66.7 Å². The number of carbonyl (C=O) groups excluding carboxylic acids is 1. The van der Waals surface area contributed by atoms with Crippen molar-refractivity contribution < 1.29 is 9.21 Å². The second kappa shape index (κ2) is 8.33. The minimum Gasteiger partial charge on any atom is -0.451 e. The Kier molecular flexibility index (Phi) is 5.45. The highest BCUT2D eigenvalue weighted by Crippen LogP contribution is 2.25. The van der Waals surface area contributed by atoms with Gasteiger partial charge in [-0.25, -0.2) is 0 Å². The van der Waals surface area contributed by atoms with Gasteiger partial charge in [0.2, 0.25) is 0 Å². The molecule has 0 spiro atoms. The van der Waals surface area contributed by atoms with Gasteiger partial charge in [0.1, 0.15) is 5.58 Å². The van der Waals surface area contributed by atoms with Crippen molar-refractivity contribution >= 4 is 16.9 Å². The maximum atomic E-state index is 12.6. The number of nitrogens with zero attached hydrogens (tertiary/aromatic N) is 1. The molecule has 4 nitrogen and oxygen atoms in total. The molecule has 1 aromatic heterocycles. The average molecular weight is 384 g/mol. The molecule has 0 aliphatic heterocycles. The van der Waals surface area contributed by atoms with Gasteiger partial charge >= 0.3 is 0 Å². The Morgan fingerprint density at radius 2 is 1.66 bits per heavy atom. The molecule has 1 amide bonds. The lowest BCUT2D eigenvalue weighted by Crippen LogP contribution is -2.22. The molecule has 4 aromatic rings. The summed E-state index contributed by atoms with van der Waals surface area (Å²) < 4.78 is 5.66. The van der Waals surface area contributed by atoms with Gasteiger partial charge < -0.3 is 14.6 Å². The molecule has 0 saturated heterocycles. The van der Waals surface area contributed by atoms with Crippen LogP contribution in [0, 0.1) is 0 Å². The third-order valence-electron chi connectivity index (χ3n) is 4.87. The lowest BCUT2D eigenvalue weighted by molar-refractivity contribution is 0.0925. The van der Waals surface area contributed by atoms with Crippen LogP contribution in [-0.2, 0) is 13.1 Å². The first-order chi connectivity index (χ1) is 14.1. The Morgan fingerprint density at radius 3 is 2.41 bits per heavy atom. The Labute approximate surface area is 170 Å². The number of hydrogen-bond donors (Lipinski definition) is 1. The average Bonchev–Trinajstić information content (AvgIpc) is 3.17. The lowest BCUT2D eigenvalue weighted by atomic mass is 9.98. The number of rotatable bonds is 6. The summed E-state index contributed by atoms with van der Waals surface area (Å²) in [6.07, 6.45) is 0. The van der Waals surface area contributed by atoms with Gasteiger partial charge in [-0.15, -0.1) is 0 Å². The van der Waals surface area contributed by atoms with Crippen molar-refractivity contribution in [3.05, 3.63) is 95.7 Å². The van der Waals surface area contributed by atoms with Gasteiger partial charge in [0, 0.05) is 18.5 Å². The second-order valence-electron chi connectivity index (χ2n) is 7.42. The SMILES string of the molecule is CN(C)Cc1ccc(-c2ccccc2CNC(=O)c2cc3ccccc3o2)cc1. The van der Waals surface area contributed by atoms with Crippen LogP contribution in [0.5, 0.6) is 0 Å². The first-order valence-electron chi connectivity index (χ1n) is 9.69. The van der Waals surface area contributed by atoms with Crippen LogP contribution in [0.25, 0.3) is 22.1 Å². The van der Waals surface area contributed by atoms with Crippen molar-refractivity contribution in [3.63, 3.8) is 0 Å². The molecule has 3 aromatic carbocycles. The predicted octanol–water partition coefficient (Wildman–Crippen LogP) is 5.09. The number of para-hydroxylation sites is 1. The number of furan rings is 1. The number of nitrogens with one attached hydrogen (secondary N) is 1. The number of benzene rings is 3. The van der Waals surface area contributed by atoms with Crippen molar-refractivity contribution in [1.29, 1.82) is 0 Å². The van der Waals surface area contributed by atoms with E-state index >= 15 is 0 Å². The third kappa shape index (κ3) is 4.39. The smallest absolute Gasteiger partial charge is 0.287 e. The fraction of sp³-hybridized carbons (Fsp3) is 0.160. The molecule has 0 fully saturated rings. The van der Waals surface area contributed by atoms with Crippen molar-refractivity contribution in [1.82, 2.24) is 10.2 Å². The van der Waals surface area contributed by atoms with E-state index in [-0.39, 0.29) is 5.91 Å². The fourth-order valence-corrected chi connectivity index (χ4v) is 3.47. The molecule has 0 atom stereocenters. The molecule has 146 valence electrons. The van der Waals surface area contributed by atoms with E-state index in [1.165, 1.54) is 5.56 Å². The highest BCUT2D eigenvalue weighted by Gasteiger charge is 2.13. The zero-order chi connectivity index (χ0) is 20.2. The summed E-state index contributed by atoms with van der Waals surface area (Å²) in [7, 11) is 4.13. The topological polar surface area (TPSA) is 45.5 Å². The van der Waals surface area contributed by atoms with Crippen molar-refractivity contribution in [2.24, 2.45) is 0 Å². The molecule has 0 saturated carbocycles. The first-order valence-corrected chi connectivity index (χ1v) is 9.69. The van der Waals surface area contributed by atoms with E-state index in [1.54, 1.807) is 6.07 Å². The van der Waals surface area contributed by atoms with E-state index < -0.39 is 0 Å². The van der Waals surface area contributed by atoms with Gasteiger partial charge in [0.25, 0.3) is 5.91 Å². The minimum absolute atomic E-state index is 0.211. The number of fused-ring (bicyclic) bond motifs is 1. The molecular weight excluding hydrogens is 360 g/mol. The van der Waals surface area contributed by atoms with Gasteiger partial charge in [-0.3, -0.25) is 4.79 Å². The number of carbonyl (C=O) groups is 1. The Hall–Kier alpha value is -3.37. The monoisotopic (exact) mass is 384 g/mol. The largest absolute Gasteiger partial charge is 0.451 e. The lowest BCUT2D eigenvalue weighted by Gasteiger charge is -2.13. The highest BCUT2D eigenvalue weighted by atomic mass is 16.3. The van der Waals surface area contributed by atoms with Crippen LogP contribution >= 0.6 is 0 Å². The molecular formula is C25H24N2O2.